The maximum absolute atomic E-state index is 6.14. The molecule has 10 aromatic rings. The van der Waals surface area contributed by atoms with Gasteiger partial charge in [-0.25, -0.2) is 9.97 Å². The fourth-order valence-corrected chi connectivity index (χ4v) is 8.39. The van der Waals surface area contributed by atoms with E-state index in [1.54, 1.807) is 18.9 Å². The van der Waals surface area contributed by atoms with Crippen LogP contribution in [0.15, 0.2) is 253 Å². The third kappa shape index (κ3) is 15.0. The Balaban J connectivity index is 0.000000205. The number of para-hydroxylation sites is 4. The first-order valence-electron chi connectivity index (χ1n) is 25.3. The molecule has 0 atom stereocenters. The number of rotatable bonds is 14. The van der Waals surface area contributed by atoms with Crippen molar-refractivity contribution >= 4 is 69.8 Å². The number of benzene rings is 8. The van der Waals surface area contributed by atoms with Gasteiger partial charge in [0.05, 0.1) is 0 Å². The zero-order valence-electron chi connectivity index (χ0n) is 43.9. The van der Waals surface area contributed by atoms with Gasteiger partial charge in [0.1, 0.15) is 34.6 Å². The number of anilines is 6. The molecular weight excluding hydrogens is 1350 g/mol. The van der Waals surface area contributed by atoms with Gasteiger partial charge in [0.2, 0.25) is 0 Å². The van der Waals surface area contributed by atoms with E-state index in [0.717, 1.165) is 68.6 Å². The second kappa shape index (κ2) is 28.2. The van der Waals surface area contributed by atoms with Gasteiger partial charge in [0.15, 0.2) is 0 Å². The van der Waals surface area contributed by atoms with Gasteiger partial charge in [-0.1, -0.05) is 136 Å². The Kier molecular flexibility index (Phi) is 20.2. The van der Waals surface area contributed by atoms with E-state index in [4.69, 9.17) is 9.47 Å². The van der Waals surface area contributed by atoms with Gasteiger partial charge in [-0.3, -0.25) is 0 Å². The molecule has 0 fully saturated rings. The molecule has 2 aliphatic rings. The molecule has 14 heteroatoms. The minimum atomic E-state index is -0.231. The molecule has 4 heterocycles. The summed E-state index contributed by atoms with van der Waals surface area (Å²) >= 11 is 0. The van der Waals surface area contributed by atoms with Crippen LogP contribution in [0.2, 0.25) is 0 Å². The SMILES string of the molecule is CC(C)(c1ccc(Oc2cccc([N-]C=Nc3ccccc3)c2)cc1)c1ccc(Oc2cccc([N-]C=Nc3ccccc3)c2)cc1.CN1[CH-]N(c2[c-]cccc2)c2ncccc21.[Pt].[Pt].[c-]1ccccc1N1[CH-]Nc2cccnc21. The average molecular weight is 1410 g/mol. The van der Waals surface area contributed by atoms with Gasteiger partial charge in [0, 0.05) is 71.3 Å². The molecule has 406 valence electrons. The third-order valence-electron chi connectivity index (χ3n) is 12.5. The standard InChI is InChI=1S/C41H34N4O2.C13H11N3.C12H9N3.2Pt/c1-41(2,31-19-23-37(24-20-31)46-39-17-9-15-35(27-39)44-29-42-33-11-5-3-6-12-33)32-21-25-38(26-22-32)47-40-18-10-16-36(28-40)45-30-43-34-13-7-4-8-14-34;1-15-10-16(11-6-3-2-4-7-11)13-12(15)8-5-9-14-13;1-2-5-10(6-3-1)15-9-14-11-7-4-8-13-12(11)15;;/h3-30H,1-2H3;2-6,8-10H,1H3;1-5,7-9,14H;;/q3*-2;;. The van der Waals surface area contributed by atoms with Gasteiger partial charge in [0.25, 0.3) is 0 Å². The van der Waals surface area contributed by atoms with Crippen LogP contribution in [0.1, 0.15) is 25.0 Å². The summed E-state index contributed by atoms with van der Waals surface area (Å²) in [7, 11) is 2.02. The topological polar surface area (TPSA) is 119 Å². The van der Waals surface area contributed by atoms with Crippen molar-refractivity contribution in [2.24, 2.45) is 9.98 Å². The summed E-state index contributed by atoms with van der Waals surface area (Å²) in [6, 6.07) is 81.2. The molecule has 12 rings (SSSR count). The molecular formula is C66H54N10O2Pt2-6. The summed E-state index contributed by atoms with van der Waals surface area (Å²) in [6.07, 6.45) is 6.71. The van der Waals surface area contributed by atoms with E-state index in [2.05, 4.69) is 97.1 Å². The number of fused-ring (bicyclic) bond motifs is 2. The van der Waals surface area contributed by atoms with E-state index in [1.807, 2.05) is 237 Å². The van der Waals surface area contributed by atoms with E-state index in [9.17, 15) is 0 Å². The van der Waals surface area contributed by atoms with Gasteiger partial charge in [-0.2, -0.15) is 74.0 Å². The third-order valence-corrected chi connectivity index (χ3v) is 12.5. The van der Waals surface area contributed by atoms with Gasteiger partial charge in [-0.05, 0) is 114 Å². The van der Waals surface area contributed by atoms with E-state index >= 15 is 0 Å². The molecule has 2 aromatic heterocycles. The normalized spacial score (nSPS) is 12.1. The summed E-state index contributed by atoms with van der Waals surface area (Å²) in [4.78, 5) is 23.5. The predicted molar refractivity (Wildman–Crippen MR) is 317 cm³/mol. The van der Waals surface area contributed by atoms with Crippen LogP contribution in [-0.2, 0) is 47.5 Å². The zero-order chi connectivity index (χ0) is 53.4. The van der Waals surface area contributed by atoms with Crippen LogP contribution in [0.3, 0.4) is 0 Å². The smallest absolute Gasteiger partial charge is 0.127 e. The average Bonchev–Trinajstić information content (AvgIpc) is 4.12. The summed E-state index contributed by atoms with van der Waals surface area (Å²) in [5, 5.41) is 12.1. The molecule has 0 bridgehead atoms. The number of nitrogens with zero attached hydrogens (tertiary/aromatic N) is 9. The fraction of sp³-hybridized carbons (Fsp3) is 0.0606. The number of hydrogen-bond acceptors (Lipinski definition) is 10. The number of nitrogens with one attached hydrogen (secondary N) is 1. The van der Waals surface area contributed by atoms with E-state index in [0.29, 0.717) is 11.5 Å². The number of ether oxygens (including phenoxy) is 2. The molecule has 80 heavy (non-hydrogen) atoms. The van der Waals surface area contributed by atoms with Crippen molar-refractivity contribution in [2.45, 2.75) is 19.3 Å². The maximum Gasteiger partial charge on any atom is 0.127 e. The largest absolute Gasteiger partial charge is 0.513 e. The Labute approximate surface area is 497 Å². The summed E-state index contributed by atoms with van der Waals surface area (Å²) < 4.78 is 12.3. The molecule has 0 unspecified atom stereocenters. The number of hydrogen-bond donors (Lipinski definition) is 1. The predicted octanol–water partition coefficient (Wildman–Crippen LogP) is 17.5. The molecule has 0 spiro atoms. The van der Waals surface area contributed by atoms with Crippen molar-refractivity contribution in [3.05, 3.63) is 290 Å². The Morgan fingerprint density at radius 1 is 0.512 bits per heavy atom. The Bertz CT molecular complexity index is 3420. The second-order valence-corrected chi connectivity index (χ2v) is 18.2. The molecule has 8 aromatic carbocycles. The number of pyridine rings is 2. The fourth-order valence-electron chi connectivity index (χ4n) is 8.39. The monoisotopic (exact) mass is 1410 g/mol. The minimum absolute atomic E-state index is 0. The van der Waals surface area contributed by atoms with Crippen molar-refractivity contribution in [1.29, 1.82) is 0 Å². The van der Waals surface area contributed by atoms with Crippen LogP contribution >= 0.6 is 0 Å². The van der Waals surface area contributed by atoms with Gasteiger partial charge < -0.3 is 50.1 Å². The molecule has 1 N–H and O–H groups in total. The first-order chi connectivity index (χ1) is 38.3. The van der Waals surface area contributed by atoms with Crippen molar-refractivity contribution in [3.8, 4) is 23.0 Å². The van der Waals surface area contributed by atoms with Crippen LogP contribution in [0, 0.1) is 25.5 Å². The van der Waals surface area contributed by atoms with Crippen LogP contribution in [0.5, 0.6) is 23.0 Å². The van der Waals surface area contributed by atoms with Crippen molar-refractivity contribution in [3.63, 3.8) is 0 Å². The van der Waals surface area contributed by atoms with Crippen LogP contribution in [0.4, 0.5) is 57.1 Å². The number of aromatic nitrogens is 2. The molecule has 0 radical (unpaired) electrons. The van der Waals surface area contributed by atoms with Crippen LogP contribution in [0.25, 0.3) is 10.6 Å². The van der Waals surface area contributed by atoms with Crippen molar-refractivity contribution in [2.75, 3.05) is 27.1 Å². The van der Waals surface area contributed by atoms with Crippen LogP contribution in [-0.4, -0.2) is 29.7 Å². The van der Waals surface area contributed by atoms with Gasteiger partial charge in [-0.15, -0.1) is 11.4 Å². The summed E-state index contributed by atoms with van der Waals surface area (Å²) in [5.41, 5.74) is 9.49. The zero-order valence-corrected chi connectivity index (χ0v) is 48.4. The Hall–Kier alpha value is -8.82. The minimum Gasteiger partial charge on any atom is -0.513 e. The number of aliphatic imine (C=N–C) groups is 2. The quantitative estimate of drug-likeness (QED) is 0.0650. The van der Waals surface area contributed by atoms with Crippen LogP contribution < -0.4 is 29.5 Å². The summed E-state index contributed by atoms with van der Waals surface area (Å²) in [5.74, 6) is 4.79. The van der Waals surface area contributed by atoms with Crippen molar-refractivity contribution in [1.82, 2.24) is 9.97 Å². The van der Waals surface area contributed by atoms with E-state index < -0.39 is 0 Å². The second-order valence-electron chi connectivity index (χ2n) is 18.2. The summed E-state index contributed by atoms with van der Waals surface area (Å²) in [6.45, 7) is 8.33. The van der Waals surface area contributed by atoms with Crippen molar-refractivity contribution < 1.29 is 51.6 Å². The molecule has 0 amide bonds. The molecule has 2 aliphatic heterocycles. The maximum atomic E-state index is 6.14. The molecule has 0 saturated heterocycles. The Morgan fingerprint density at radius 3 is 1.51 bits per heavy atom. The Morgan fingerprint density at radius 2 is 1.00 bits per heavy atom. The van der Waals surface area contributed by atoms with E-state index in [-0.39, 0.29) is 47.5 Å². The molecule has 0 saturated carbocycles. The van der Waals surface area contributed by atoms with E-state index in [1.165, 1.54) is 11.1 Å². The molecule has 0 aliphatic carbocycles. The molecule has 12 nitrogen and oxygen atoms in total. The first kappa shape index (κ1) is 57.4. The van der Waals surface area contributed by atoms with Gasteiger partial charge >= 0.3 is 0 Å². The first-order valence-corrected chi connectivity index (χ1v) is 25.3.